The van der Waals surface area contributed by atoms with Crippen LogP contribution in [0.25, 0.3) is 0 Å². The molecule has 0 aromatic carbocycles. The highest BCUT2D eigenvalue weighted by molar-refractivity contribution is 6.76. The molecule has 0 aromatic rings. The van der Waals surface area contributed by atoms with Crippen LogP contribution in [-0.4, -0.2) is 44.8 Å². The Balaban J connectivity index is 2.36. The minimum atomic E-state index is -1.01. The molecule has 0 bridgehead atoms. The Morgan fingerprint density at radius 3 is 2.94 bits per heavy atom. The zero-order valence-electron chi connectivity index (χ0n) is 11.7. The molecule has 104 valence electrons. The van der Waals surface area contributed by atoms with Crippen molar-refractivity contribution in [3.63, 3.8) is 0 Å². The maximum absolute atomic E-state index is 5.93. The molecular weight excluding hydrogens is 266 g/mol. The van der Waals surface area contributed by atoms with Crippen molar-refractivity contribution >= 4 is 25.9 Å². The molecule has 0 radical (unpaired) electrons. The molecule has 0 saturated heterocycles. The van der Waals surface area contributed by atoms with Gasteiger partial charge in [0.25, 0.3) is 0 Å². The van der Waals surface area contributed by atoms with E-state index in [1.807, 2.05) is 13.0 Å². The molecule has 4 nitrogen and oxygen atoms in total. The van der Waals surface area contributed by atoms with Gasteiger partial charge in [-0.1, -0.05) is 31.2 Å². The van der Waals surface area contributed by atoms with E-state index in [4.69, 9.17) is 16.3 Å². The van der Waals surface area contributed by atoms with Gasteiger partial charge in [-0.3, -0.25) is 10.3 Å². The van der Waals surface area contributed by atoms with E-state index in [9.17, 15) is 0 Å². The predicted octanol–water partition coefficient (Wildman–Crippen LogP) is 2.66. The zero-order chi connectivity index (χ0) is 13.6. The Kier molecular flexibility index (Phi) is 6.35. The van der Waals surface area contributed by atoms with Gasteiger partial charge >= 0.3 is 0 Å². The fourth-order valence-electron chi connectivity index (χ4n) is 1.40. The normalized spacial score (nSPS) is 26.2. The number of ether oxygens (including phenoxy) is 1. The van der Waals surface area contributed by atoms with E-state index < -0.39 is 8.07 Å². The molecule has 1 atom stereocenters. The van der Waals surface area contributed by atoms with Gasteiger partial charge in [-0.2, -0.15) is 0 Å². The minimum Gasteiger partial charge on any atom is -0.361 e. The third kappa shape index (κ3) is 6.54. The molecular formula is C12H24ClN3OSi. The molecule has 0 saturated carbocycles. The molecule has 0 aromatic heterocycles. The van der Waals surface area contributed by atoms with Crippen molar-refractivity contribution in [3.8, 4) is 0 Å². The van der Waals surface area contributed by atoms with Crippen molar-refractivity contribution in [3.05, 3.63) is 11.8 Å². The molecule has 0 amide bonds. The van der Waals surface area contributed by atoms with Crippen molar-refractivity contribution in [2.24, 2.45) is 4.99 Å². The summed E-state index contributed by atoms with van der Waals surface area (Å²) < 4.78 is 5.74. The Labute approximate surface area is 116 Å². The summed E-state index contributed by atoms with van der Waals surface area (Å²) in [5.41, 5.74) is 0.765. The molecule has 1 aliphatic heterocycles. The number of alkyl halides is 1. The predicted molar refractivity (Wildman–Crippen MR) is 80.7 cm³/mol. The van der Waals surface area contributed by atoms with Gasteiger partial charge in [-0.05, 0) is 19.0 Å². The summed E-state index contributed by atoms with van der Waals surface area (Å²) in [6.07, 6.45) is 3.69. The lowest BCUT2D eigenvalue weighted by Gasteiger charge is -2.27. The van der Waals surface area contributed by atoms with E-state index in [1.54, 1.807) is 6.21 Å². The van der Waals surface area contributed by atoms with Gasteiger partial charge in [-0.15, -0.1) is 0 Å². The molecule has 1 unspecified atom stereocenters. The number of halogens is 1. The second-order valence-electron chi connectivity index (χ2n) is 5.69. The summed E-state index contributed by atoms with van der Waals surface area (Å²) >= 11 is 5.93. The molecule has 1 N–H and O–H groups in total. The van der Waals surface area contributed by atoms with Gasteiger partial charge in [0.1, 0.15) is 6.73 Å². The van der Waals surface area contributed by atoms with Crippen molar-refractivity contribution in [1.29, 1.82) is 0 Å². The molecule has 0 aliphatic carbocycles. The van der Waals surface area contributed by atoms with Gasteiger partial charge in [-0.25, -0.2) is 0 Å². The molecule has 0 spiro atoms. The Morgan fingerprint density at radius 1 is 1.56 bits per heavy atom. The number of hydrogen-bond donors (Lipinski definition) is 1. The molecule has 0 fully saturated rings. The van der Waals surface area contributed by atoms with E-state index in [0.29, 0.717) is 13.4 Å². The number of hydrogen-bond acceptors (Lipinski definition) is 4. The average molecular weight is 290 g/mol. The van der Waals surface area contributed by atoms with Gasteiger partial charge in [0.15, 0.2) is 5.62 Å². The smallest absolute Gasteiger partial charge is 0.176 e. The Morgan fingerprint density at radius 2 is 2.28 bits per heavy atom. The summed E-state index contributed by atoms with van der Waals surface area (Å²) in [4.78, 5) is 6.20. The quantitative estimate of drug-likeness (QED) is 0.366. The number of aliphatic imine (C=N–C) groups is 1. The SMILES string of the molecule is C/C1=C\C=N/C(Cl)NCN1COCC[Si](C)(C)C. The molecule has 1 rings (SSSR count). The maximum Gasteiger partial charge on any atom is 0.176 e. The van der Waals surface area contributed by atoms with E-state index in [2.05, 4.69) is 34.9 Å². The fraction of sp³-hybridized carbons (Fsp3) is 0.750. The average Bonchev–Trinajstić information content (AvgIpc) is 2.24. The standard InChI is InChI=1S/C12H24ClN3OSi/c1-11-5-6-14-12(13)15-9-16(11)10-17-7-8-18(2,3)4/h5-6,12,15H,7-10H2,1-4H3/b11-5+,14-6-. The van der Waals surface area contributed by atoms with Crippen LogP contribution in [0.2, 0.25) is 25.7 Å². The Hall–Kier alpha value is -0.363. The second-order valence-corrected chi connectivity index (χ2v) is 11.7. The largest absolute Gasteiger partial charge is 0.361 e. The molecule has 1 heterocycles. The van der Waals surface area contributed by atoms with Crippen LogP contribution in [0.4, 0.5) is 0 Å². The maximum atomic E-state index is 5.93. The zero-order valence-corrected chi connectivity index (χ0v) is 13.5. The molecule has 18 heavy (non-hydrogen) atoms. The van der Waals surface area contributed by atoms with Crippen molar-refractivity contribution in [2.75, 3.05) is 20.0 Å². The van der Waals surface area contributed by atoms with Crippen LogP contribution >= 0.6 is 11.6 Å². The summed E-state index contributed by atoms with van der Waals surface area (Å²) in [5.74, 6) is 0. The highest BCUT2D eigenvalue weighted by atomic mass is 35.5. The summed E-state index contributed by atoms with van der Waals surface area (Å²) in [5, 5.41) is 3.10. The topological polar surface area (TPSA) is 36.9 Å². The lowest BCUT2D eigenvalue weighted by atomic mass is 10.4. The summed E-state index contributed by atoms with van der Waals surface area (Å²) in [6.45, 7) is 11.2. The van der Waals surface area contributed by atoms with Crippen LogP contribution in [0.5, 0.6) is 0 Å². The van der Waals surface area contributed by atoms with E-state index in [0.717, 1.165) is 12.3 Å². The first-order valence-electron chi connectivity index (χ1n) is 6.29. The number of nitrogens with zero attached hydrogens (tertiary/aromatic N) is 2. The summed E-state index contributed by atoms with van der Waals surface area (Å²) in [7, 11) is -1.01. The van der Waals surface area contributed by atoms with Gasteiger partial charge in [0.05, 0.1) is 6.67 Å². The number of rotatable bonds is 5. The van der Waals surface area contributed by atoms with Gasteiger partial charge in [0.2, 0.25) is 0 Å². The van der Waals surface area contributed by atoms with Crippen LogP contribution in [0.1, 0.15) is 6.92 Å². The van der Waals surface area contributed by atoms with E-state index in [-0.39, 0.29) is 5.62 Å². The third-order valence-electron chi connectivity index (χ3n) is 2.73. The number of allylic oxidation sites excluding steroid dienone is 2. The lowest BCUT2D eigenvalue weighted by molar-refractivity contribution is 0.0502. The molecule has 1 aliphatic rings. The van der Waals surface area contributed by atoms with Crippen LogP contribution in [0.15, 0.2) is 16.8 Å². The van der Waals surface area contributed by atoms with Crippen LogP contribution in [-0.2, 0) is 4.74 Å². The van der Waals surface area contributed by atoms with E-state index in [1.165, 1.54) is 6.04 Å². The highest BCUT2D eigenvalue weighted by Gasteiger charge is 2.13. The highest BCUT2D eigenvalue weighted by Crippen LogP contribution is 2.09. The lowest BCUT2D eigenvalue weighted by Crippen LogP contribution is -2.38. The number of nitrogens with one attached hydrogen (secondary N) is 1. The van der Waals surface area contributed by atoms with Crippen molar-refractivity contribution in [1.82, 2.24) is 10.2 Å². The van der Waals surface area contributed by atoms with Crippen molar-refractivity contribution in [2.45, 2.75) is 38.2 Å². The fourth-order valence-corrected chi connectivity index (χ4v) is 2.29. The van der Waals surface area contributed by atoms with E-state index >= 15 is 0 Å². The van der Waals surface area contributed by atoms with Crippen LogP contribution in [0.3, 0.4) is 0 Å². The van der Waals surface area contributed by atoms with Crippen LogP contribution < -0.4 is 5.32 Å². The van der Waals surface area contributed by atoms with Gasteiger partial charge in [0, 0.05) is 26.6 Å². The monoisotopic (exact) mass is 289 g/mol. The molecule has 6 heteroatoms. The van der Waals surface area contributed by atoms with Gasteiger partial charge < -0.3 is 9.64 Å². The van der Waals surface area contributed by atoms with Crippen molar-refractivity contribution < 1.29 is 4.74 Å². The first kappa shape index (κ1) is 15.7. The first-order chi connectivity index (χ1) is 8.38. The van der Waals surface area contributed by atoms with Crippen LogP contribution in [0, 0.1) is 0 Å². The third-order valence-corrected chi connectivity index (χ3v) is 4.70. The second kappa shape index (κ2) is 7.28. The first-order valence-corrected chi connectivity index (χ1v) is 10.4. The Bertz CT molecular complexity index is 315. The minimum absolute atomic E-state index is 0.362. The summed E-state index contributed by atoms with van der Waals surface area (Å²) in [6, 6.07) is 1.19.